The number of nitrogens with two attached hydrogens (primary N) is 1. The van der Waals surface area contributed by atoms with E-state index in [2.05, 4.69) is 0 Å². The van der Waals surface area contributed by atoms with Gasteiger partial charge in [0, 0.05) is 19.1 Å². The van der Waals surface area contributed by atoms with Crippen molar-refractivity contribution < 1.29 is 17.9 Å². The van der Waals surface area contributed by atoms with E-state index < -0.39 is 10.0 Å². The SMILES string of the molecule is CCC(CC)(COCCC(C)(C)OC)CS(N)(=O)=O. The van der Waals surface area contributed by atoms with Crippen molar-refractivity contribution >= 4 is 10.0 Å². The molecule has 0 atom stereocenters. The van der Waals surface area contributed by atoms with Gasteiger partial charge in [-0.3, -0.25) is 0 Å². The fraction of sp³-hybridized carbons (Fsp3) is 1.00. The Bertz CT molecular complexity index is 348. The standard InChI is InChI=1S/C13H29NO4S/c1-6-13(7-2,11-19(14,15)16)10-18-9-8-12(3,4)17-5/h6-11H2,1-5H3,(H2,14,15,16). The van der Waals surface area contributed by atoms with Crippen LogP contribution in [0.2, 0.25) is 0 Å². The van der Waals surface area contributed by atoms with E-state index in [4.69, 9.17) is 14.6 Å². The van der Waals surface area contributed by atoms with Crippen LogP contribution in [-0.2, 0) is 19.5 Å². The molecule has 0 heterocycles. The molecule has 116 valence electrons. The van der Waals surface area contributed by atoms with E-state index in [0.717, 1.165) is 19.3 Å². The van der Waals surface area contributed by atoms with Crippen molar-refractivity contribution in [2.24, 2.45) is 10.6 Å². The summed E-state index contributed by atoms with van der Waals surface area (Å²) >= 11 is 0. The normalized spacial score (nSPS) is 13.8. The Hall–Kier alpha value is -0.170. The molecule has 0 aromatic carbocycles. The second kappa shape index (κ2) is 7.57. The molecular formula is C13H29NO4S. The van der Waals surface area contributed by atoms with E-state index in [1.54, 1.807) is 7.11 Å². The first-order chi connectivity index (χ1) is 8.60. The monoisotopic (exact) mass is 295 g/mol. The fourth-order valence-corrected chi connectivity index (χ4v) is 3.18. The Labute approximate surface area is 117 Å². The summed E-state index contributed by atoms with van der Waals surface area (Å²) < 4.78 is 33.6. The minimum Gasteiger partial charge on any atom is -0.381 e. The van der Waals surface area contributed by atoms with Crippen LogP contribution in [0.25, 0.3) is 0 Å². The molecule has 0 saturated heterocycles. The molecule has 0 aliphatic rings. The largest absolute Gasteiger partial charge is 0.381 e. The molecule has 19 heavy (non-hydrogen) atoms. The zero-order chi connectivity index (χ0) is 15.2. The van der Waals surface area contributed by atoms with Crippen LogP contribution in [0.4, 0.5) is 0 Å². The second-order valence-corrected chi connectivity index (χ2v) is 7.40. The average Bonchev–Trinajstić information content (AvgIpc) is 2.31. The molecule has 0 aromatic heterocycles. The van der Waals surface area contributed by atoms with Crippen LogP contribution in [-0.4, -0.2) is 40.1 Å². The highest BCUT2D eigenvalue weighted by Crippen LogP contribution is 2.28. The Balaban J connectivity index is 4.38. The number of ether oxygens (including phenoxy) is 2. The lowest BCUT2D eigenvalue weighted by molar-refractivity contribution is -0.0236. The minimum absolute atomic E-state index is 0.0271. The molecule has 0 fully saturated rings. The first kappa shape index (κ1) is 18.8. The fourth-order valence-electron chi connectivity index (χ4n) is 1.84. The van der Waals surface area contributed by atoms with Crippen molar-refractivity contribution in [2.75, 3.05) is 26.1 Å². The molecule has 2 N–H and O–H groups in total. The van der Waals surface area contributed by atoms with E-state index in [1.165, 1.54) is 0 Å². The maximum Gasteiger partial charge on any atom is 0.209 e. The molecule has 6 heteroatoms. The molecule has 0 amide bonds. The molecule has 0 spiro atoms. The highest BCUT2D eigenvalue weighted by Gasteiger charge is 2.31. The molecule has 5 nitrogen and oxygen atoms in total. The third-order valence-electron chi connectivity index (χ3n) is 3.82. The zero-order valence-corrected chi connectivity index (χ0v) is 13.7. The van der Waals surface area contributed by atoms with Crippen LogP contribution in [0.5, 0.6) is 0 Å². The third kappa shape index (κ3) is 7.87. The van der Waals surface area contributed by atoms with Gasteiger partial charge in [0.1, 0.15) is 0 Å². The number of methoxy groups -OCH3 is 1. The van der Waals surface area contributed by atoms with E-state index in [-0.39, 0.29) is 16.8 Å². The molecule has 0 rings (SSSR count). The minimum atomic E-state index is -3.48. The summed E-state index contributed by atoms with van der Waals surface area (Å²) in [7, 11) is -1.81. The van der Waals surface area contributed by atoms with E-state index in [0.29, 0.717) is 13.2 Å². The van der Waals surface area contributed by atoms with Gasteiger partial charge in [-0.25, -0.2) is 13.6 Å². The van der Waals surface area contributed by atoms with Gasteiger partial charge in [-0.1, -0.05) is 13.8 Å². The Morgan fingerprint density at radius 1 is 1.16 bits per heavy atom. The molecule has 0 aliphatic heterocycles. The summed E-state index contributed by atoms with van der Waals surface area (Å²) in [5.74, 6) is -0.0271. The number of primary sulfonamides is 1. The van der Waals surface area contributed by atoms with Gasteiger partial charge in [-0.05, 0) is 33.1 Å². The molecule has 0 unspecified atom stereocenters. The van der Waals surface area contributed by atoms with Gasteiger partial charge < -0.3 is 9.47 Å². The quantitative estimate of drug-likeness (QED) is 0.624. The predicted molar refractivity (Wildman–Crippen MR) is 77.5 cm³/mol. The lowest BCUT2D eigenvalue weighted by atomic mass is 9.85. The van der Waals surface area contributed by atoms with Crippen LogP contribution in [0.3, 0.4) is 0 Å². The second-order valence-electron chi connectivity index (χ2n) is 5.78. The highest BCUT2D eigenvalue weighted by atomic mass is 32.2. The molecule has 0 bridgehead atoms. The Kier molecular flexibility index (Phi) is 7.50. The third-order valence-corrected chi connectivity index (χ3v) is 4.83. The molecule has 0 saturated carbocycles. The number of hydrogen-bond acceptors (Lipinski definition) is 4. The van der Waals surface area contributed by atoms with Gasteiger partial charge in [0.25, 0.3) is 0 Å². The van der Waals surface area contributed by atoms with Crippen LogP contribution < -0.4 is 5.14 Å². The zero-order valence-electron chi connectivity index (χ0n) is 12.9. The van der Waals surface area contributed by atoms with Gasteiger partial charge in [0.2, 0.25) is 10.0 Å². The first-order valence-electron chi connectivity index (χ1n) is 6.73. The lowest BCUT2D eigenvalue weighted by Crippen LogP contribution is -2.37. The van der Waals surface area contributed by atoms with Crippen molar-refractivity contribution in [2.45, 2.75) is 52.6 Å². The van der Waals surface area contributed by atoms with Crippen molar-refractivity contribution in [3.63, 3.8) is 0 Å². The van der Waals surface area contributed by atoms with Gasteiger partial charge in [-0.15, -0.1) is 0 Å². The highest BCUT2D eigenvalue weighted by molar-refractivity contribution is 7.89. The van der Waals surface area contributed by atoms with E-state index in [1.807, 2.05) is 27.7 Å². The smallest absolute Gasteiger partial charge is 0.209 e. The van der Waals surface area contributed by atoms with Crippen molar-refractivity contribution in [3.05, 3.63) is 0 Å². The van der Waals surface area contributed by atoms with Crippen LogP contribution >= 0.6 is 0 Å². The first-order valence-corrected chi connectivity index (χ1v) is 8.44. The topological polar surface area (TPSA) is 78.6 Å². The summed E-state index contributed by atoms with van der Waals surface area (Å²) in [4.78, 5) is 0. The van der Waals surface area contributed by atoms with Crippen molar-refractivity contribution in [3.8, 4) is 0 Å². The Morgan fingerprint density at radius 3 is 2.05 bits per heavy atom. The van der Waals surface area contributed by atoms with Gasteiger partial charge in [0.15, 0.2) is 0 Å². The van der Waals surface area contributed by atoms with Crippen molar-refractivity contribution in [1.82, 2.24) is 0 Å². The maximum absolute atomic E-state index is 11.3. The maximum atomic E-state index is 11.3. The molecule has 0 aromatic rings. The predicted octanol–water partition coefficient (Wildman–Crippen LogP) is 1.91. The summed E-state index contributed by atoms with van der Waals surface area (Å²) in [6.45, 7) is 8.89. The Morgan fingerprint density at radius 2 is 1.68 bits per heavy atom. The number of sulfonamides is 1. The number of hydrogen-bond donors (Lipinski definition) is 1. The summed E-state index contributed by atoms with van der Waals surface area (Å²) in [5, 5.41) is 5.16. The van der Waals surface area contributed by atoms with Crippen LogP contribution in [0, 0.1) is 5.41 Å². The van der Waals surface area contributed by atoms with Gasteiger partial charge in [0.05, 0.1) is 18.0 Å². The average molecular weight is 295 g/mol. The van der Waals surface area contributed by atoms with Gasteiger partial charge in [-0.2, -0.15) is 0 Å². The van der Waals surface area contributed by atoms with Crippen LogP contribution in [0.1, 0.15) is 47.0 Å². The molecular weight excluding hydrogens is 266 g/mol. The van der Waals surface area contributed by atoms with Crippen LogP contribution in [0.15, 0.2) is 0 Å². The lowest BCUT2D eigenvalue weighted by Gasteiger charge is -2.31. The van der Waals surface area contributed by atoms with E-state index >= 15 is 0 Å². The summed E-state index contributed by atoms with van der Waals surface area (Å²) in [6.07, 6.45) is 2.23. The van der Waals surface area contributed by atoms with Crippen molar-refractivity contribution in [1.29, 1.82) is 0 Å². The summed E-state index contributed by atoms with van der Waals surface area (Å²) in [5.41, 5.74) is -0.605. The molecule has 0 aliphatic carbocycles. The number of rotatable bonds is 10. The molecule has 0 radical (unpaired) electrons. The van der Waals surface area contributed by atoms with Gasteiger partial charge >= 0.3 is 0 Å². The summed E-state index contributed by atoms with van der Waals surface area (Å²) in [6, 6.07) is 0. The van der Waals surface area contributed by atoms with E-state index in [9.17, 15) is 8.42 Å².